The molecule has 0 saturated heterocycles. The highest BCUT2D eigenvalue weighted by atomic mass is 32.2. The summed E-state index contributed by atoms with van der Waals surface area (Å²) in [5.74, 6) is 0. The van der Waals surface area contributed by atoms with Gasteiger partial charge in [0.2, 0.25) is 0 Å². The zero-order valence-electron chi connectivity index (χ0n) is 10.6. The predicted octanol–water partition coefficient (Wildman–Crippen LogP) is 2.77. The molecule has 0 aliphatic carbocycles. The van der Waals surface area contributed by atoms with E-state index in [1.165, 1.54) is 6.26 Å². The molecule has 18 heavy (non-hydrogen) atoms. The lowest BCUT2D eigenvalue weighted by molar-refractivity contribution is 0.602. The van der Waals surface area contributed by atoms with Gasteiger partial charge in [-0.05, 0) is 49.2 Å². The molecule has 1 heterocycles. The number of nitrogens with zero attached hydrogens (tertiary/aromatic N) is 1. The maximum atomic E-state index is 11.4. The molecule has 1 aromatic carbocycles. The van der Waals surface area contributed by atoms with Gasteiger partial charge in [-0.3, -0.25) is 4.98 Å². The quantitative estimate of drug-likeness (QED) is 0.835. The fourth-order valence-corrected chi connectivity index (χ4v) is 2.53. The Hall–Kier alpha value is -1.68. The Balaban J connectivity index is 2.46. The van der Waals surface area contributed by atoms with E-state index in [0.29, 0.717) is 4.90 Å². The first kappa shape index (κ1) is 12.8. The molecule has 0 bridgehead atoms. The summed E-state index contributed by atoms with van der Waals surface area (Å²) in [6, 6.07) is 10.9. The Morgan fingerprint density at radius 1 is 0.889 bits per heavy atom. The van der Waals surface area contributed by atoms with E-state index in [-0.39, 0.29) is 0 Å². The van der Waals surface area contributed by atoms with E-state index in [1.54, 1.807) is 12.1 Å². The standard InChI is InChI=1S/C14H15NO2S/c1-10-8-13(9-11(2)15-10)12-4-6-14(7-5-12)18(3,16)17/h4-9H,1-3H3. The smallest absolute Gasteiger partial charge is 0.175 e. The predicted molar refractivity (Wildman–Crippen MR) is 72.3 cm³/mol. The number of rotatable bonds is 2. The number of benzene rings is 1. The lowest BCUT2D eigenvalue weighted by atomic mass is 10.1. The number of sulfone groups is 1. The highest BCUT2D eigenvalue weighted by Gasteiger charge is 2.07. The van der Waals surface area contributed by atoms with E-state index in [1.807, 2.05) is 38.1 Å². The molecule has 0 aliphatic heterocycles. The molecule has 0 atom stereocenters. The number of hydrogen-bond donors (Lipinski definition) is 0. The molecule has 3 nitrogen and oxygen atoms in total. The molecule has 0 fully saturated rings. The highest BCUT2D eigenvalue weighted by molar-refractivity contribution is 7.90. The van der Waals surface area contributed by atoms with Crippen LogP contribution in [0.2, 0.25) is 0 Å². The van der Waals surface area contributed by atoms with Gasteiger partial charge in [0.1, 0.15) is 0 Å². The second-order valence-corrected chi connectivity index (χ2v) is 6.45. The molecule has 0 saturated carbocycles. The summed E-state index contributed by atoms with van der Waals surface area (Å²) >= 11 is 0. The highest BCUT2D eigenvalue weighted by Crippen LogP contribution is 2.22. The van der Waals surface area contributed by atoms with Gasteiger partial charge < -0.3 is 0 Å². The van der Waals surface area contributed by atoms with Crippen molar-refractivity contribution in [1.82, 2.24) is 4.98 Å². The molecule has 0 N–H and O–H groups in total. The summed E-state index contributed by atoms with van der Waals surface area (Å²) in [5, 5.41) is 0. The van der Waals surface area contributed by atoms with Crippen molar-refractivity contribution >= 4 is 9.84 Å². The van der Waals surface area contributed by atoms with Crippen molar-refractivity contribution < 1.29 is 8.42 Å². The van der Waals surface area contributed by atoms with Gasteiger partial charge in [-0.2, -0.15) is 0 Å². The number of hydrogen-bond acceptors (Lipinski definition) is 3. The maximum Gasteiger partial charge on any atom is 0.175 e. The third kappa shape index (κ3) is 2.76. The molecular formula is C14H15NO2S. The Labute approximate surface area is 107 Å². The monoisotopic (exact) mass is 261 g/mol. The number of aryl methyl sites for hydroxylation is 2. The van der Waals surface area contributed by atoms with Crippen LogP contribution in [-0.2, 0) is 9.84 Å². The molecule has 2 rings (SSSR count). The molecule has 0 amide bonds. The van der Waals surface area contributed by atoms with E-state index in [9.17, 15) is 8.42 Å². The van der Waals surface area contributed by atoms with E-state index in [0.717, 1.165) is 22.5 Å². The van der Waals surface area contributed by atoms with Crippen LogP contribution in [0, 0.1) is 13.8 Å². The van der Waals surface area contributed by atoms with Gasteiger partial charge in [0.15, 0.2) is 9.84 Å². The van der Waals surface area contributed by atoms with Crippen LogP contribution < -0.4 is 0 Å². The minimum atomic E-state index is -3.13. The summed E-state index contributed by atoms with van der Waals surface area (Å²) in [5.41, 5.74) is 3.96. The molecule has 0 unspecified atom stereocenters. The second-order valence-electron chi connectivity index (χ2n) is 4.44. The fourth-order valence-electron chi connectivity index (χ4n) is 1.90. The van der Waals surface area contributed by atoms with E-state index in [4.69, 9.17) is 0 Å². The minimum absolute atomic E-state index is 0.341. The van der Waals surface area contributed by atoms with Crippen molar-refractivity contribution in [3.8, 4) is 11.1 Å². The zero-order valence-corrected chi connectivity index (χ0v) is 11.5. The molecule has 0 radical (unpaired) electrons. The second kappa shape index (κ2) is 4.53. The van der Waals surface area contributed by atoms with Crippen molar-refractivity contribution in [2.24, 2.45) is 0 Å². The van der Waals surface area contributed by atoms with Crippen molar-refractivity contribution in [2.45, 2.75) is 18.7 Å². The Bertz CT molecular complexity index is 653. The van der Waals surface area contributed by atoms with E-state index in [2.05, 4.69) is 4.98 Å². The van der Waals surface area contributed by atoms with Gasteiger partial charge in [-0.25, -0.2) is 8.42 Å². The largest absolute Gasteiger partial charge is 0.258 e. The van der Waals surface area contributed by atoms with Crippen LogP contribution in [0.15, 0.2) is 41.3 Å². The fraction of sp³-hybridized carbons (Fsp3) is 0.214. The van der Waals surface area contributed by atoms with Crippen LogP contribution in [0.1, 0.15) is 11.4 Å². The topological polar surface area (TPSA) is 47.0 Å². The SMILES string of the molecule is Cc1cc(-c2ccc(S(C)(=O)=O)cc2)cc(C)n1. The summed E-state index contributed by atoms with van der Waals surface area (Å²) in [6.45, 7) is 3.89. The normalized spacial score (nSPS) is 11.5. The first-order valence-electron chi connectivity index (χ1n) is 5.62. The van der Waals surface area contributed by atoms with Crippen molar-refractivity contribution in [3.05, 3.63) is 47.8 Å². The summed E-state index contributed by atoms with van der Waals surface area (Å²) in [4.78, 5) is 4.66. The summed E-state index contributed by atoms with van der Waals surface area (Å²) < 4.78 is 22.8. The molecule has 2 aromatic rings. The van der Waals surface area contributed by atoms with Crippen LogP contribution in [0.25, 0.3) is 11.1 Å². The van der Waals surface area contributed by atoms with Gasteiger partial charge in [0, 0.05) is 17.6 Å². The summed E-state index contributed by atoms with van der Waals surface area (Å²) in [6.07, 6.45) is 1.21. The first-order chi connectivity index (χ1) is 8.36. The average Bonchev–Trinajstić information content (AvgIpc) is 2.27. The lowest BCUT2D eigenvalue weighted by Crippen LogP contribution is -1.96. The van der Waals surface area contributed by atoms with Crippen molar-refractivity contribution in [2.75, 3.05) is 6.26 Å². The summed E-state index contributed by atoms with van der Waals surface area (Å²) in [7, 11) is -3.13. The molecular weight excluding hydrogens is 246 g/mol. The third-order valence-corrected chi connectivity index (χ3v) is 3.83. The van der Waals surface area contributed by atoms with E-state index >= 15 is 0 Å². The van der Waals surface area contributed by atoms with Crippen LogP contribution in [-0.4, -0.2) is 19.7 Å². The average molecular weight is 261 g/mol. The van der Waals surface area contributed by atoms with Gasteiger partial charge in [-0.1, -0.05) is 12.1 Å². The van der Waals surface area contributed by atoms with Crippen molar-refractivity contribution in [1.29, 1.82) is 0 Å². The first-order valence-corrected chi connectivity index (χ1v) is 7.51. The maximum absolute atomic E-state index is 11.4. The lowest BCUT2D eigenvalue weighted by Gasteiger charge is -2.05. The molecule has 1 aromatic heterocycles. The Morgan fingerprint density at radius 3 is 1.83 bits per heavy atom. The van der Waals surface area contributed by atoms with Crippen LogP contribution in [0.4, 0.5) is 0 Å². The molecule has 4 heteroatoms. The van der Waals surface area contributed by atoms with Crippen LogP contribution in [0.5, 0.6) is 0 Å². The Kier molecular flexibility index (Phi) is 3.22. The van der Waals surface area contributed by atoms with E-state index < -0.39 is 9.84 Å². The molecule has 94 valence electrons. The molecule has 0 spiro atoms. The third-order valence-electron chi connectivity index (χ3n) is 2.70. The Morgan fingerprint density at radius 2 is 1.39 bits per heavy atom. The number of aromatic nitrogens is 1. The molecule has 0 aliphatic rings. The van der Waals surface area contributed by atoms with Crippen LogP contribution in [0.3, 0.4) is 0 Å². The van der Waals surface area contributed by atoms with Gasteiger partial charge in [0.25, 0.3) is 0 Å². The zero-order chi connectivity index (χ0) is 13.3. The van der Waals surface area contributed by atoms with Crippen LogP contribution >= 0.6 is 0 Å². The number of pyridine rings is 1. The minimum Gasteiger partial charge on any atom is -0.258 e. The van der Waals surface area contributed by atoms with Gasteiger partial charge in [0.05, 0.1) is 4.90 Å². The van der Waals surface area contributed by atoms with Gasteiger partial charge in [-0.15, -0.1) is 0 Å². The van der Waals surface area contributed by atoms with Gasteiger partial charge >= 0.3 is 0 Å². The van der Waals surface area contributed by atoms with Crippen molar-refractivity contribution in [3.63, 3.8) is 0 Å².